The molecule has 0 atom stereocenters. The molecule has 1 rings (SSSR count). The third-order valence-corrected chi connectivity index (χ3v) is 4.48. The van der Waals surface area contributed by atoms with Crippen molar-refractivity contribution in [2.24, 2.45) is 0 Å². The highest BCUT2D eigenvalue weighted by Crippen LogP contribution is 2.13. The maximum atomic E-state index is 11.7. The van der Waals surface area contributed by atoms with Crippen molar-refractivity contribution >= 4 is 25.5 Å². The summed E-state index contributed by atoms with van der Waals surface area (Å²) in [7, 11) is -6.75. The van der Waals surface area contributed by atoms with E-state index in [1.807, 2.05) is 0 Å². The molecule has 0 heterocycles. The summed E-state index contributed by atoms with van der Waals surface area (Å²) in [5.74, 6) is -0.486. The molecule has 0 unspecified atom stereocenters. The van der Waals surface area contributed by atoms with Crippen LogP contribution in [0, 0.1) is 0 Å². The van der Waals surface area contributed by atoms with Gasteiger partial charge in [-0.3, -0.25) is 0 Å². The van der Waals surface area contributed by atoms with Gasteiger partial charge in [-0.2, -0.15) is 0 Å². The van der Waals surface area contributed by atoms with Crippen molar-refractivity contribution in [1.82, 2.24) is 4.72 Å². The lowest BCUT2D eigenvalue weighted by molar-refractivity contribution is 0.581. The predicted octanol–water partition coefficient (Wildman–Crippen LogP) is -0.267. The monoisotopic (exact) mass is 292 g/mol. The Hall–Kier alpha value is -1.12. The predicted molar refractivity (Wildman–Crippen MR) is 71.2 cm³/mol. The highest BCUT2D eigenvalue weighted by atomic mass is 32.2. The van der Waals surface area contributed by atoms with Gasteiger partial charge in [0.25, 0.3) is 0 Å². The van der Waals surface area contributed by atoms with Crippen molar-refractivity contribution in [3.63, 3.8) is 0 Å². The van der Waals surface area contributed by atoms with Gasteiger partial charge in [0.2, 0.25) is 10.0 Å². The van der Waals surface area contributed by atoms with E-state index in [0.717, 1.165) is 6.26 Å². The summed E-state index contributed by atoms with van der Waals surface area (Å²) in [4.78, 5) is 0. The molecule has 0 radical (unpaired) electrons. The topological polar surface area (TPSA) is 106 Å². The molecule has 0 spiro atoms. The molecule has 102 valence electrons. The second kappa shape index (κ2) is 5.68. The first-order valence-corrected chi connectivity index (χ1v) is 8.89. The van der Waals surface area contributed by atoms with Gasteiger partial charge in [-0.05, 0) is 11.6 Å². The Balaban J connectivity index is 2.64. The number of hydrogen-bond acceptors (Lipinski definition) is 5. The molecule has 3 N–H and O–H groups in total. The van der Waals surface area contributed by atoms with E-state index < -0.39 is 19.9 Å². The van der Waals surface area contributed by atoms with E-state index >= 15 is 0 Å². The van der Waals surface area contributed by atoms with Crippen LogP contribution in [0.1, 0.15) is 5.56 Å². The maximum Gasteiger partial charge on any atom is 0.215 e. The van der Waals surface area contributed by atoms with E-state index in [1.165, 1.54) is 0 Å². The molecular formula is C10H16N2O4S2. The number of sulfone groups is 1. The Kier molecular flexibility index (Phi) is 4.71. The van der Waals surface area contributed by atoms with Crippen molar-refractivity contribution < 1.29 is 16.8 Å². The maximum absolute atomic E-state index is 11.7. The summed E-state index contributed by atoms with van der Waals surface area (Å²) in [6.07, 6.45) is 1.05. The minimum atomic E-state index is -3.57. The number of sulfonamides is 1. The molecule has 0 aliphatic carbocycles. The van der Waals surface area contributed by atoms with Gasteiger partial charge in [0.1, 0.15) is 9.84 Å². The fraction of sp³-hybridized carbons (Fsp3) is 0.400. The third-order valence-electron chi connectivity index (χ3n) is 2.20. The molecule has 0 aromatic heterocycles. The Morgan fingerprint density at radius 2 is 1.78 bits per heavy atom. The second-order valence-electron chi connectivity index (χ2n) is 3.98. The minimum absolute atomic E-state index is 0.131. The van der Waals surface area contributed by atoms with Gasteiger partial charge in [-0.1, -0.05) is 18.2 Å². The van der Waals surface area contributed by atoms with Crippen molar-refractivity contribution in [2.45, 2.75) is 5.75 Å². The molecule has 6 nitrogen and oxygen atoms in total. The molecule has 0 saturated heterocycles. The summed E-state index contributed by atoms with van der Waals surface area (Å²) in [5, 5.41) is 0. The van der Waals surface area contributed by atoms with Gasteiger partial charge in [-0.15, -0.1) is 0 Å². The molecule has 8 heteroatoms. The summed E-state index contributed by atoms with van der Waals surface area (Å²) in [6.45, 7) is -0.131. The second-order valence-corrected chi connectivity index (χ2v) is 8.05. The molecule has 0 aliphatic heterocycles. The van der Waals surface area contributed by atoms with Crippen LogP contribution in [0.3, 0.4) is 0 Å². The number of benzene rings is 1. The van der Waals surface area contributed by atoms with Crippen LogP contribution in [0.15, 0.2) is 24.3 Å². The van der Waals surface area contributed by atoms with Crippen LogP contribution in [0.25, 0.3) is 0 Å². The fourth-order valence-corrected chi connectivity index (χ4v) is 3.09. The molecule has 1 aromatic rings. The SMILES string of the molecule is CS(=O)(=O)CCNS(=O)(=O)Cc1ccccc1N. The van der Waals surface area contributed by atoms with E-state index in [0.29, 0.717) is 11.3 Å². The smallest absolute Gasteiger partial charge is 0.215 e. The minimum Gasteiger partial charge on any atom is -0.398 e. The zero-order valence-electron chi connectivity index (χ0n) is 9.96. The van der Waals surface area contributed by atoms with Crippen LogP contribution >= 0.6 is 0 Å². The lowest BCUT2D eigenvalue weighted by Gasteiger charge is -2.08. The van der Waals surface area contributed by atoms with Crippen LogP contribution in [-0.2, 0) is 25.6 Å². The van der Waals surface area contributed by atoms with E-state index in [1.54, 1.807) is 24.3 Å². The van der Waals surface area contributed by atoms with Crippen molar-refractivity contribution in [1.29, 1.82) is 0 Å². The van der Waals surface area contributed by atoms with Gasteiger partial charge in [-0.25, -0.2) is 21.6 Å². The standard InChI is InChI=1S/C10H16N2O4S2/c1-17(13,14)7-6-12-18(15,16)8-9-4-2-3-5-10(9)11/h2-5,12H,6-8,11H2,1H3. The van der Waals surface area contributed by atoms with Gasteiger partial charge in [0.05, 0.1) is 11.5 Å². The highest BCUT2D eigenvalue weighted by molar-refractivity contribution is 7.91. The van der Waals surface area contributed by atoms with Gasteiger partial charge in [0.15, 0.2) is 0 Å². The normalized spacial score (nSPS) is 12.5. The number of anilines is 1. The summed E-state index contributed by atoms with van der Waals surface area (Å²) >= 11 is 0. The molecule has 0 amide bonds. The van der Waals surface area contributed by atoms with E-state index in [4.69, 9.17) is 5.73 Å². The Morgan fingerprint density at radius 3 is 2.33 bits per heavy atom. The molecule has 0 fully saturated rings. The zero-order valence-corrected chi connectivity index (χ0v) is 11.6. The van der Waals surface area contributed by atoms with Gasteiger partial charge in [0, 0.05) is 18.5 Å². The van der Waals surface area contributed by atoms with Crippen LogP contribution in [0.2, 0.25) is 0 Å². The Morgan fingerprint density at radius 1 is 1.17 bits per heavy atom. The van der Waals surface area contributed by atoms with Crippen LogP contribution in [0.4, 0.5) is 5.69 Å². The fourth-order valence-electron chi connectivity index (χ4n) is 1.30. The average Bonchev–Trinajstić information content (AvgIpc) is 2.18. The molecule has 0 aliphatic rings. The van der Waals surface area contributed by atoms with Gasteiger partial charge < -0.3 is 5.73 Å². The first kappa shape index (κ1) is 14.9. The first-order chi connectivity index (χ1) is 8.20. The summed E-state index contributed by atoms with van der Waals surface area (Å²) in [5.41, 5.74) is 6.52. The number of hydrogen-bond donors (Lipinski definition) is 2. The molecule has 0 saturated carbocycles. The number of rotatable bonds is 6. The van der Waals surface area contributed by atoms with Crippen LogP contribution in [-0.4, -0.2) is 35.4 Å². The molecule has 1 aromatic carbocycles. The van der Waals surface area contributed by atoms with Crippen LogP contribution < -0.4 is 10.5 Å². The molecular weight excluding hydrogens is 276 g/mol. The summed E-state index contributed by atoms with van der Waals surface area (Å²) in [6, 6.07) is 6.63. The average molecular weight is 292 g/mol. The first-order valence-electron chi connectivity index (χ1n) is 5.18. The van der Waals surface area contributed by atoms with Crippen LogP contribution in [0.5, 0.6) is 0 Å². The third kappa shape index (κ3) is 5.48. The van der Waals surface area contributed by atoms with Crippen molar-refractivity contribution in [2.75, 3.05) is 24.3 Å². The number of nitrogen functional groups attached to an aromatic ring is 1. The number of para-hydroxylation sites is 1. The molecule has 18 heavy (non-hydrogen) atoms. The number of nitrogens with one attached hydrogen (secondary N) is 1. The van der Waals surface area contributed by atoms with Gasteiger partial charge >= 0.3 is 0 Å². The highest BCUT2D eigenvalue weighted by Gasteiger charge is 2.13. The van der Waals surface area contributed by atoms with Crippen molar-refractivity contribution in [3.05, 3.63) is 29.8 Å². The van der Waals surface area contributed by atoms with E-state index in [-0.39, 0.29) is 18.1 Å². The zero-order chi connectivity index (χ0) is 13.8. The Bertz CT molecular complexity index is 609. The van der Waals surface area contributed by atoms with E-state index in [2.05, 4.69) is 4.72 Å². The quantitative estimate of drug-likeness (QED) is 0.702. The lowest BCUT2D eigenvalue weighted by atomic mass is 10.2. The van der Waals surface area contributed by atoms with E-state index in [9.17, 15) is 16.8 Å². The Labute approximate surface area is 107 Å². The van der Waals surface area contributed by atoms with Crippen molar-refractivity contribution in [3.8, 4) is 0 Å². The molecule has 0 bridgehead atoms. The lowest BCUT2D eigenvalue weighted by Crippen LogP contribution is -2.30. The number of nitrogens with two attached hydrogens (primary N) is 1. The largest absolute Gasteiger partial charge is 0.398 e. The summed E-state index contributed by atoms with van der Waals surface area (Å²) < 4.78 is 47.3.